The molecule has 1 unspecified atom stereocenters. The van der Waals surface area contributed by atoms with E-state index in [-0.39, 0.29) is 18.4 Å². The summed E-state index contributed by atoms with van der Waals surface area (Å²) in [4.78, 5) is 12.4. The third kappa shape index (κ3) is 4.50. The molecule has 2 aromatic carbocycles. The SMILES string of the molecule is CC(=O)N/C(=C1\CN(S(=O)(=O)c2ccc(C)cc2)CC2=CCCCC21)c1ccccc1. The van der Waals surface area contributed by atoms with E-state index in [9.17, 15) is 13.2 Å². The largest absolute Gasteiger partial charge is 0.326 e. The minimum Gasteiger partial charge on any atom is -0.326 e. The molecule has 1 atom stereocenters. The molecule has 5 nitrogen and oxygen atoms in total. The Morgan fingerprint density at radius 1 is 1.03 bits per heavy atom. The number of carbonyl (C=O) groups excluding carboxylic acids is 1. The smallest absolute Gasteiger partial charge is 0.243 e. The number of aryl methyl sites for hydroxylation is 1. The lowest BCUT2D eigenvalue weighted by Crippen LogP contribution is -2.43. The first-order valence-electron chi connectivity index (χ1n) is 10.7. The van der Waals surface area contributed by atoms with Gasteiger partial charge in [-0.05, 0) is 49.5 Å². The van der Waals surface area contributed by atoms with Crippen LogP contribution in [0.3, 0.4) is 0 Å². The fourth-order valence-corrected chi connectivity index (χ4v) is 5.88. The highest BCUT2D eigenvalue weighted by Crippen LogP contribution is 2.40. The molecule has 1 aliphatic carbocycles. The van der Waals surface area contributed by atoms with Crippen LogP contribution in [0.25, 0.3) is 5.70 Å². The molecule has 6 heteroatoms. The quantitative estimate of drug-likeness (QED) is 0.728. The number of benzene rings is 2. The fourth-order valence-electron chi connectivity index (χ4n) is 4.47. The van der Waals surface area contributed by atoms with Crippen LogP contribution >= 0.6 is 0 Å². The Morgan fingerprint density at radius 2 is 1.74 bits per heavy atom. The summed E-state index contributed by atoms with van der Waals surface area (Å²) >= 11 is 0. The van der Waals surface area contributed by atoms with Gasteiger partial charge in [0.15, 0.2) is 0 Å². The van der Waals surface area contributed by atoms with Crippen molar-refractivity contribution in [2.75, 3.05) is 13.1 Å². The third-order valence-corrected chi connectivity index (χ3v) is 7.83. The van der Waals surface area contributed by atoms with Crippen molar-refractivity contribution in [2.45, 2.75) is 38.0 Å². The second kappa shape index (κ2) is 8.81. The van der Waals surface area contributed by atoms with Crippen molar-refractivity contribution >= 4 is 21.6 Å². The average Bonchev–Trinajstić information content (AvgIpc) is 2.77. The Balaban J connectivity index is 1.83. The first-order valence-corrected chi connectivity index (χ1v) is 12.1. The molecule has 162 valence electrons. The van der Waals surface area contributed by atoms with Crippen LogP contribution in [0.1, 0.15) is 37.3 Å². The summed E-state index contributed by atoms with van der Waals surface area (Å²) in [5.74, 6) is -0.00789. The summed E-state index contributed by atoms with van der Waals surface area (Å²) < 4.78 is 28.5. The van der Waals surface area contributed by atoms with E-state index < -0.39 is 10.0 Å². The predicted molar refractivity (Wildman–Crippen MR) is 123 cm³/mol. The number of nitrogens with one attached hydrogen (secondary N) is 1. The van der Waals surface area contributed by atoms with Crippen LogP contribution in [0, 0.1) is 12.8 Å². The van der Waals surface area contributed by atoms with Gasteiger partial charge in [-0.15, -0.1) is 0 Å². The maximum atomic E-state index is 13.5. The molecule has 0 aromatic heterocycles. The van der Waals surface area contributed by atoms with Gasteiger partial charge in [0.25, 0.3) is 0 Å². The van der Waals surface area contributed by atoms with Crippen molar-refractivity contribution in [2.24, 2.45) is 5.92 Å². The van der Waals surface area contributed by atoms with Crippen molar-refractivity contribution in [1.29, 1.82) is 0 Å². The van der Waals surface area contributed by atoms with Gasteiger partial charge in [0.2, 0.25) is 15.9 Å². The van der Waals surface area contributed by atoms with Gasteiger partial charge in [0, 0.05) is 31.6 Å². The Morgan fingerprint density at radius 3 is 2.42 bits per heavy atom. The molecule has 1 aliphatic heterocycles. The van der Waals surface area contributed by atoms with Gasteiger partial charge < -0.3 is 5.32 Å². The van der Waals surface area contributed by atoms with Gasteiger partial charge in [0.1, 0.15) is 0 Å². The molecule has 31 heavy (non-hydrogen) atoms. The molecule has 2 aromatic rings. The molecular formula is C25H28N2O3S. The maximum absolute atomic E-state index is 13.5. The predicted octanol–water partition coefficient (Wildman–Crippen LogP) is 4.27. The number of hydrogen-bond donors (Lipinski definition) is 1. The molecule has 1 heterocycles. The summed E-state index contributed by atoms with van der Waals surface area (Å²) in [6.45, 7) is 4.09. The minimum atomic E-state index is -3.66. The van der Waals surface area contributed by atoms with Crippen molar-refractivity contribution in [3.63, 3.8) is 0 Å². The number of carbonyl (C=O) groups is 1. The first kappa shape index (κ1) is 21.5. The van der Waals surface area contributed by atoms with E-state index in [4.69, 9.17) is 0 Å². The van der Waals surface area contributed by atoms with Crippen LogP contribution in [-0.4, -0.2) is 31.7 Å². The summed E-state index contributed by atoms with van der Waals surface area (Å²) in [7, 11) is -3.66. The molecule has 1 amide bonds. The van der Waals surface area contributed by atoms with Crippen molar-refractivity contribution in [1.82, 2.24) is 9.62 Å². The number of nitrogens with zero attached hydrogens (tertiary/aromatic N) is 1. The van der Waals surface area contributed by atoms with E-state index in [0.717, 1.165) is 47.2 Å². The van der Waals surface area contributed by atoms with Gasteiger partial charge in [-0.1, -0.05) is 59.7 Å². The number of allylic oxidation sites excluding steroid dienone is 1. The summed E-state index contributed by atoms with van der Waals surface area (Å²) in [6, 6.07) is 16.7. The third-order valence-electron chi connectivity index (χ3n) is 6.02. The molecule has 0 saturated carbocycles. The average molecular weight is 437 g/mol. The van der Waals surface area contributed by atoms with E-state index in [1.54, 1.807) is 16.4 Å². The molecule has 1 N–H and O–H groups in total. The van der Waals surface area contributed by atoms with Crippen LogP contribution in [-0.2, 0) is 14.8 Å². The lowest BCUT2D eigenvalue weighted by Gasteiger charge is -2.39. The molecule has 1 saturated heterocycles. The van der Waals surface area contributed by atoms with Crippen LogP contribution in [0.15, 0.2) is 76.7 Å². The lowest BCUT2D eigenvalue weighted by molar-refractivity contribution is -0.117. The Labute approximate surface area is 184 Å². The van der Waals surface area contributed by atoms with Crippen LogP contribution in [0.4, 0.5) is 0 Å². The summed E-state index contributed by atoms with van der Waals surface area (Å²) in [6.07, 6.45) is 5.17. The van der Waals surface area contributed by atoms with E-state index in [1.807, 2.05) is 49.4 Å². The van der Waals surface area contributed by atoms with Gasteiger partial charge in [-0.2, -0.15) is 4.31 Å². The van der Waals surface area contributed by atoms with Crippen molar-refractivity contribution in [3.8, 4) is 0 Å². The second-order valence-corrected chi connectivity index (χ2v) is 10.2. The molecule has 4 rings (SSSR count). The second-order valence-electron chi connectivity index (χ2n) is 8.30. The molecule has 0 radical (unpaired) electrons. The Hall–Kier alpha value is -2.70. The van der Waals surface area contributed by atoms with Crippen molar-refractivity contribution in [3.05, 3.63) is 82.9 Å². The first-order chi connectivity index (χ1) is 14.9. The summed E-state index contributed by atoms with van der Waals surface area (Å²) in [5, 5.41) is 3.01. The highest BCUT2D eigenvalue weighted by Gasteiger charge is 2.37. The van der Waals surface area contributed by atoms with Gasteiger partial charge in [-0.3, -0.25) is 4.79 Å². The highest BCUT2D eigenvalue weighted by molar-refractivity contribution is 7.89. The molecule has 0 spiro atoms. The van der Waals surface area contributed by atoms with E-state index >= 15 is 0 Å². The molecule has 1 fully saturated rings. The van der Waals surface area contributed by atoms with Crippen LogP contribution < -0.4 is 5.32 Å². The normalized spacial score (nSPS) is 21.1. The summed E-state index contributed by atoms with van der Waals surface area (Å²) in [5.41, 5.74) is 4.74. The van der Waals surface area contributed by atoms with Gasteiger partial charge in [0.05, 0.1) is 4.90 Å². The van der Waals surface area contributed by atoms with Crippen LogP contribution in [0.2, 0.25) is 0 Å². The Kier molecular flexibility index (Phi) is 6.12. The number of sulfonamides is 1. The van der Waals surface area contributed by atoms with E-state index in [1.165, 1.54) is 6.92 Å². The molecule has 0 bridgehead atoms. The zero-order valence-electron chi connectivity index (χ0n) is 18.0. The zero-order chi connectivity index (χ0) is 22.0. The minimum absolute atomic E-state index is 0.153. The Bertz CT molecular complexity index is 1130. The number of amides is 1. The van der Waals surface area contributed by atoms with Gasteiger partial charge >= 0.3 is 0 Å². The zero-order valence-corrected chi connectivity index (χ0v) is 18.8. The molecular weight excluding hydrogens is 408 g/mol. The highest BCUT2D eigenvalue weighted by atomic mass is 32.2. The van der Waals surface area contributed by atoms with Crippen molar-refractivity contribution < 1.29 is 13.2 Å². The molecule has 2 aliphatic rings. The monoisotopic (exact) mass is 436 g/mol. The van der Waals surface area contributed by atoms with Crippen LogP contribution in [0.5, 0.6) is 0 Å². The van der Waals surface area contributed by atoms with Gasteiger partial charge in [-0.25, -0.2) is 8.42 Å². The number of hydrogen-bond acceptors (Lipinski definition) is 3. The number of rotatable bonds is 4. The number of piperidine rings is 1. The number of fused-ring (bicyclic) bond motifs is 1. The standard InChI is InChI=1S/C25H28N2O3S/c1-18-12-14-22(15-13-18)31(29,30)27-16-21-10-6-7-11-23(21)24(17-27)25(26-19(2)28)20-8-4-3-5-9-20/h3-5,8-10,12-15,23H,6-7,11,16-17H2,1-2H3,(H,26,28)/b25-24+. The topological polar surface area (TPSA) is 66.5 Å². The van der Waals surface area contributed by atoms with E-state index in [0.29, 0.717) is 11.4 Å². The fraction of sp³-hybridized carbons (Fsp3) is 0.320. The van der Waals surface area contributed by atoms with E-state index in [2.05, 4.69) is 11.4 Å². The lowest BCUT2D eigenvalue weighted by atomic mass is 9.78. The maximum Gasteiger partial charge on any atom is 0.243 e.